The number of anilines is 2. The fourth-order valence-electron chi connectivity index (χ4n) is 3.81. The summed E-state index contributed by atoms with van der Waals surface area (Å²) in [6, 6.07) is 11.8. The van der Waals surface area contributed by atoms with Gasteiger partial charge in [-0.15, -0.1) is 0 Å². The molecule has 2 aliphatic rings. The van der Waals surface area contributed by atoms with E-state index in [1.165, 1.54) is 0 Å². The largest absolute Gasteiger partial charge is 0.340 e. The number of hydrogen-bond donors (Lipinski definition) is 0. The molecule has 1 spiro atoms. The van der Waals surface area contributed by atoms with Gasteiger partial charge in [-0.3, -0.25) is 4.79 Å². The summed E-state index contributed by atoms with van der Waals surface area (Å²) in [6.07, 6.45) is 6.39. The van der Waals surface area contributed by atoms with Crippen LogP contribution in [0.4, 0.5) is 11.6 Å². The number of para-hydroxylation sites is 1. The molecule has 2 fully saturated rings. The van der Waals surface area contributed by atoms with E-state index >= 15 is 0 Å². The predicted molar refractivity (Wildman–Crippen MR) is 89.3 cm³/mol. The van der Waals surface area contributed by atoms with Crippen molar-refractivity contribution in [2.45, 2.75) is 19.3 Å². The minimum atomic E-state index is -0.284. The van der Waals surface area contributed by atoms with Gasteiger partial charge >= 0.3 is 0 Å². The van der Waals surface area contributed by atoms with E-state index in [0.717, 1.165) is 50.5 Å². The van der Waals surface area contributed by atoms with Crippen molar-refractivity contribution in [3.63, 3.8) is 0 Å². The van der Waals surface area contributed by atoms with E-state index < -0.39 is 0 Å². The summed E-state index contributed by atoms with van der Waals surface area (Å²) in [5.74, 6) is 0.988. The average Bonchev–Trinajstić information content (AvgIpc) is 2.93. The lowest BCUT2D eigenvalue weighted by atomic mass is 9.78. The zero-order valence-electron chi connectivity index (χ0n) is 13.1. The summed E-state index contributed by atoms with van der Waals surface area (Å²) in [7, 11) is 0. The number of amides is 1. The molecule has 2 saturated heterocycles. The Labute approximate surface area is 136 Å². The molecule has 1 amide bonds. The van der Waals surface area contributed by atoms with E-state index in [1.807, 2.05) is 41.3 Å². The second kappa shape index (κ2) is 5.65. The van der Waals surface area contributed by atoms with Gasteiger partial charge in [0.15, 0.2) is 0 Å². The maximum absolute atomic E-state index is 13.1. The third-order valence-electron chi connectivity index (χ3n) is 4.99. The summed E-state index contributed by atoms with van der Waals surface area (Å²) in [6.45, 7) is 2.44. The second-order valence-corrected chi connectivity index (χ2v) is 6.40. The molecule has 2 aliphatic heterocycles. The van der Waals surface area contributed by atoms with E-state index in [9.17, 15) is 4.79 Å². The van der Waals surface area contributed by atoms with Crippen LogP contribution in [0.1, 0.15) is 19.3 Å². The SMILES string of the molecule is O=C1N(c2ccccc2)CC[C@]12CCCN(c1ncccn1)C2. The maximum Gasteiger partial charge on any atom is 0.235 e. The molecule has 5 nitrogen and oxygen atoms in total. The minimum Gasteiger partial charge on any atom is -0.340 e. The van der Waals surface area contributed by atoms with Gasteiger partial charge in [-0.05, 0) is 37.5 Å². The highest BCUT2D eigenvalue weighted by molar-refractivity contribution is 6.00. The van der Waals surface area contributed by atoms with Crippen LogP contribution in [0.3, 0.4) is 0 Å². The molecule has 0 saturated carbocycles. The molecule has 4 rings (SSSR count). The zero-order valence-corrected chi connectivity index (χ0v) is 13.1. The Balaban J connectivity index is 1.58. The van der Waals surface area contributed by atoms with Gasteiger partial charge in [0.1, 0.15) is 0 Å². The van der Waals surface area contributed by atoms with Gasteiger partial charge in [-0.1, -0.05) is 18.2 Å². The summed E-state index contributed by atoms with van der Waals surface area (Å²) < 4.78 is 0. The van der Waals surface area contributed by atoms with E-state index in [1.54, 1.807) is 12.4 Å². The van der Waals surface area contributed by atoms with E-state index in [4.69, 9.17) is 0 Å². The molecule has 2 aromatic rings. The Kier molecular flexibility index (Phi) is 3.48. The molecular weight excluding hydrogens is 288 g/mol. The summed E-state index contributed by atoms with van der Waals surface area (Å²) in [5.41, 5.74) is 0.718. The monoisotopic (exact) mass is 308 g/mol. The minimum absolute atomic E-state index is 0.254. The average molecular weight is 308 g/mol. The van der Waals surface area contributed by atoms with Crippen molar-refractivity contribution >= 4 is 17.5 Å². The Hall–Kier alpha value is -2.43. The number of carbonyl (C=O) groups is 1. The maximum atomic E-state index is 13.1. The highest BCUT2D eigenvalue weighted by Crippen LogP contribution is 2.42. The van der Waals surface area contributed by atoms with Gasteiger partial charge in [0.05, 0.1) is 5.41 Å². The fraction of sp³-hybridized carbons (Fsp3) is 0.389. The lowest BCUT2D eigenvalue weighted by molar-refractivity contribution is -0.126. The molecule has 1 aromatic carbocycles. The van der Waals surface area contributed by atoms with Crippen molar-refractivity contribution in [3.8, 4) is 0 Å². The first kappa shape index (κ1) is 14.2. The van der Waals surface area contributed by atoms with Crippen LogP contribution in [0.25, 0.3) is 0 Å². The predicted octanol–water partition coefficient (Wildman–Crippen LogP) is 2.50. The molecule has 0 radical (unpaired) electrons. The van der Waals surface area contributed by atoms with Gasteiger partial charge < -0.3 is 9.80 Å². The Morgan fingerprint density at radius 2 is 1.74 bits per heavy atom. The summed E-state index contributed by atoms with van der Waals surface area (Å²) >= 11 is 0. The lowest BCUT2D eigenvalue weighted by Gasteiger charge is -2.39. The lowest BCUT2D eigenvalue weighted by Crippen LogP contribution is -2.48. The number of nitrogens with zero attached hydrogens (tertiary/aromatic N) is 4. The first-order valence-electron chi connectivity index (χ1n) is 8.18. The van der Waals surface area contributed by atoms with Crippen molar-refractivity contribution in [1.29, 1.82) is 0 Å². The number of carbonyl (C=O) groups excluding carboxylic acids is 1. The molecule has 1 atom stereocenters. The van der Waals surface area contributed by atoms with Crippen LogP contribution in [0.15, 0.2) is 48.8 Å². The van der Waals surface area contributed by atoms with Crippen LogP contribution in [0.5, 0.6) is 0 Å². The fourth-order valence-corrected chi connectivity index (χ4v) is 3.81. The van der Waals surface area contributed by atoms with Crippen molar-refractivity contribution in [3.05, 3.63) is 48.8 Å². The van der Waals surface area contributed by atoms with E-state index in [2.05, 4.69) is 14.9 Å². The van der Waals surface area contributed by atoms with Crippen LogP contribution >= 0.6 is 0 Å². The Morgan fingerprint density at radius 3 is 2.52 bits per heavy atom. The number of rotatable bonds is 2. The number of piperidine rings is 1. The quantitative estimate of drug-likeness (QED) is 0.855. The molecule has 5 heteroatoms. The molecule has 0 N–H and O–H groups in total. The summed E-state index contributed by atoms with van der Waals surface area (Å²) in [4.78, 5) is 25.9. The smallest absolute Gasteiger partial charge is 0.235 e. The molecule has 0 unspecified atom stereocenters. The van der Waals surface area contributed by atoms with Crippen LogP contribution in [0, 0.1) is 5.41 Å². The molecule has 1 aromatic heterocycles. The number of aromatic nitrogens is 2. The molecule has 118 valence electrons. The van der Waals surface area contributed by atoms with Gasteiger partial charge in [0, 0.05) is 37.7 Å². The number of benzene rings is 1. The second-order valence-electron chi connectivity index (χ2n) is 6.40. The van der Waals surface area contributed by atoms with Crippen molar-refractivity contribution in [2.75, 3.05) is 29.4 Å². The Bertz CT molecular complexity index is 691. The highest BCUT2D eigenvalue weighted by Gasteiger charge is 2.49. The van der Waals surface area contributed by atoms with Crippen molar-refractivity contribution < 1.29 is 4.79 Å². The molecule has 23 heavy (non-hydrogen) atoms. The van der Waals surface area contributed by atoms with Crippen molar-refractivity contribution in [2.24, 2.45) is 5.41 Å². The Morgan fingerprint density at radius 1 is 0.957 bits per heavy atom. The summed E-state index contributed by atoms with van der Waals surface area (Å²) in [5, 5.41) is 0. The van der Waals surface area contributed by atoms with Crippen LogP contribution in [0.2, 0.25) is 0 Å². The van der Waals surface area contributed by atoms with E-state index in [0.29, 0.717) is 0 Å². The standard InChI is InChI=1S/C18H20N4O/c23-16-18(9-13-22(16)15-6-2-1-3-7-15)8-4-12-21(14-18)17-19-10-5-11-20-17/h1-3,5-7,10-11H,4,8-9,12-14H2/t18-/m0/s1. The number of hydrogen-bond acceptors (Lipinski definition) is 4. The zero-order chi connectivity index (χ0) is 15.7. The topological polar surface area (TPSA) is 49.3 Å². The normalized spacial score (nSPS) is 24.4. The first-order chi connectivity index (χ1) is 11.3. The van der Waals surface area contributed by atoms with Crippen molar-refractivity contribution in [1.82, 2.24) is 9.97 Å². The molecule has 0 aliphatic carbocycles. The van der Waals surface area contributed by atoms with Crippen LogP contribution in [-0.4, -0.2) is 35.5 Å². The van der Waals surface area contributed by atoms with Gasteiger partial charge in [0.2, 0.25) is 11.9 Å². The van der Waals surface area contributed by atoms with Gasteiger partial charge in [0.25, 0.3) is 0 Å². The molecule has 0 bridgehead atoms. The van der Waals surface area contributed by atoms with Gasteiger partial charge in [-0.25, -0.2) is 9.97 Å². The first-order valence-corrected chi connectivity index (χ1v) is 8.18. The highest BCUT2D eigenvalue weighted by atomic mass is 16.2. The van der Waals surface area contributed by atoms with Crippen LogP contribution < -0.4 is 9.80 Å². The third-order valence-corrected chi connectivity index (χ3v) is 4.99. The molecular formula is C18H20N4O. The third kappa shape index (κ3) is 2.46. The van der Waals surface area contributed by atoms with E-state index in [-0.39, 0.29) is 11.3 Å². The van der Waals surface area contributed by atoms with Gasteiger partial charge in [-0.2, -0.15) is 0 Å². The molecule has 3 heterocycles. The van der Waals surface area contributed by atoms with Crippen LogP contribution in [-0.2, 0) is 4.79 Å².